The molecule has 0 fully saturated rings. The van der Waals surface area contributed by atoms with E-state index >= 15 is 0 Å². The lowest BCUT2D eigenvalue weighted by molar-refractivity contribution is 0.669. The predicted molar refractivity (Wildman–Crippen MR) is 239 cm³/mol. The van der Waals surface area contributed by atoms with Crippen LogP contribution in [0.25, 0.3) is 82.8 Å². The van der Waals surface area contributed by atoms with Crippen molar-refractivity contribution < 1.29 is 4.42 Å². The van der Waals surface area contributed by atoms with Crippen LogP contribution in [0.4, 0.5) is 17.1 Å². The van der Waals surface area contributed by atoms with Gasteiger partial charge in [-0.3, -0.25) is 0 Å². The van der Waals surface area contributed by atoms with Crippen LogP contribution in [-0.2, 0) is 0 Å². The Labute approximate surface area is 330 Å². The van der Waals surface area contributed by atoms with Crippen molar-refractivity contribution in [1.82, 2.24) is 4.57 Å². The van der Waals surface area contributed by atoms with Crippen molar-refractivity contribution in [2.75, 3.05) is 4.90 Å². The molecule has 0 saturated carbocycles. The van der Waals surface area contributed by atoms with E-state index in [1.165, 1.54) is 49.6 Å². The number of aromatic nitrogens is 1. The normalized spacial score (nSPS) is 11.5. The highest BCUT2D eigenvalue weighted by atomic mass is 16.3. The van der Waals surface area contributed by atoms with Gasteiger partial charge in [0.2, 0.25) is 0 Å². The summed E-state index contributed by atoms with van der Waals surface area (Å²) in [5, 5.41) is 4.70. The van der Waals surface area contributed by atoms with Crippen molar-refractivity contribution in [3.8, 4) is 39.1 Å². The van der Waals surface area contributed by atoms with Gasteiger partial charge < -0.3 is 13.9 Å². The lowest BCUT2D eigenvalue weighted by Gasteiger charge is -2.26. The first-order valence-corrected chi connectivity index (χ1v) is 19.4. The maximum Gasteiger partial charge on any atom is 0.137 e. The highest BCUT2D eigenvalue weighted by Gasteiger charge is 2.20. The van der Waals surface area contributed by atoms with Gasteiger partial charge in [0.05, 0.1) is 11.0 Å². The van der Waals surface area contributed by atoms with Crippen LogP contribution in [0.5, 0.6) is 0 Å². The molecular weight excluding hydrogens is 693 g/mol. The van der Waals surface area contributed by atoms with Crippen LogP contribution in [0, 0.1) is 0 Å². The van der Waals surface area contributed by atoms with Gasteiger partial charge in [-0.05, 0) is 88.5 Å². The summed E-state index contributed by atoms with van der Waals surface area (Å²) in [5.74, 6) is 0. The van der Waals surface area contributed by atoms with E-state index < -0.39 is 0 Å². The maximum absolute atomic E-state index is 6.44. The van der Waals surface area contributed by atoms with E-state index in [2.05, 4.69) is 216 Å². The first kappa shape index (κ1) is 32.8. The highest BCUT2D eigenvalue weighted by molar-refractivity contribution is 6.14. The van der Waals surface area contributed by atoms with Crippen molar-refractivity contribution in [1.29, 1.82) is 0 Å². The summed E-state index contributed by atoms with van der Waals surface area (Å²) in [6.07, 6.45) is 0. The molecule has 0 aliphatic heterocycles. The Kier molecular flexibility index (Phi) is 7.82. The van der Waals surface area contributed by atoms with Crippen molar-refractivity contribution in [2.24, 2.45) is 0 Å². The number of furan rings is 1. The Bertz CT molecular complexity index is 3230. The molecule has 0 atom stereocenters. The Morgan fingerprint density at radius 3 is 1.70 bits per heavy atom. The molecule has 0 spiro atoms. The Hall–Kier alpha value is -7.62. The molecule has 57 heavy (non-hydrogen) atoms. The molecule has 3 nitrogen and oxygen atoms in total. The summed E-state index contributed by atoms with van der Waals surface area (Å²) in [4.78, 5) is 2.34. The zero-order valence-corrected chi connectivity index (χ0v) is 31.1. The fraction of sp³-hybridized carbons (Fsp3) is 0. The lowest BCUT2D eigenvalue weighted by atomic mass is 9.94. The van der Waals surface area contributed by atoms with E-state index in [0.29, 0.717) is 0 Å². The third-order valence-corrected chi connectivity index (χ3v) is 11.2. The van der Waals surface area contributed by atoms with Gasteiger partial charge >= 0.3 is 0 Å². The molecule has 268 valence electrons. The van der Waals surface area contributed by atoms with Gasteiger partial charge in [-0.1, -0.05) is 152 Å². The molecule has 0 saturated heterocycles. The van der Waals surface area contributed by atoms with Gasteiger partial charge in [-0.15, -0.1) is 0 Å². The molecule has 9 aromatic carbocycles. The minimum Gasteiger partial charge on any atom is -0.456 e. The number of rotatable bonds is 7. The molecule has 0 unspecified atom stereocenters. The van der Waals surface area contributed by atoms with Crippen LogP contribution in [0.15, 0.2) is 223 Å². The van der Waals surface area contributed by atoms with Gasteiger partial charge in [0, 0.05) is 55.9 Å². The molecule has 0 radical (unpaired) electrons. The SMILES string of the molecule is c1ccc(-c2ccccc2-c2ccc(N(c3cccc(-c4cccc5c6ccccc6n(-c6ccccc6)c45)c3)c3ccc4c(c3)oc3ccccc34)cc2)cc1. The zero-order chi connectivity index (χ0) is 37.7. The van der Waals surface area contributed by atoms with Crippen molar-refractivity contribution >= 4 is 60.8 Å². The topological polar surface area (TPSA) is 21.3 Å². The van der Waals surface area contributed by atoms with Gasteiger partial charge in [0.1, 0.15) is 11.2 Å². The smallest absolute Gasteiger partial charge is 0.137 e. The maximum atomic E-state index is 6.44. The second kappa shape index (κ2) is 13.6. The van der Waals surface area contributed by atoms with E-state index in [0.717, 1.165) is 50.3 Å². The Morgan fingerprint density at radius 2 is 0.895 bits per heavy atom. The number of hydrogen-bond acceptors (Lipinski definition) is 2. The van der Waals surface area contributed by atoms with E-state index in [9.17, 15) is 0 Å². The van der Waals surface area contributed by atoms with Crippen molar-refractivity contribution in [2.45, 2.75) is 0 Å². The molecule has 3 heteroatoms. The quantitative estimate of drug-likeness (QED) is 0.163. The van der Waals surface area contributed by atoms with Crippen molar-refractivity contribution in [3.63, 3.8) is 0 Å². The van der Waals surface area contributed by atoms with Crippen LogP contribution in [-0.4, -0.2) is 4.57 Å². The van der Waals surface area contributed by atoms with Gasteiger partial charge in [-0.25, -0.2) is 0 Å². The van der Waals surface area contributed by atoms with E-state index in [1.807, 2.05) is 12.1 Å². The number of anilines is 3. The predicted octanol–water partition coefficient (Wildman–Crippen LogP) is 15.2. The Morgan fingerprint density at radius 1 is 0.333 bits per heavy atom. The first-order chi connectivity index (χ1) is 28.3. The second-order valence-corrected chi connectivity index (χ2v) is 14.5. The van der Waals surface area contributed by atoms with Gasteiger partial charge in [0.25, 0.3) is 0 Å². The molecule has 11 aromatic rings. The average Bonchev–Trinajstić information content (AvgIpc) is 3.83. The standard InChI is InChI=1S/C54H36N2O/c1-3-15-37(16-4-1)44-21-7-8-22-45(44)38-29-31-41(32-30-38)55(43-33-34-49-48-24-10-12-28-52(48)57-53(49)36-43)42-20-13-17-39(35-42)46-25-14-26-50-47-23-9-11-27-51(47)56(54(46)50)40-18-5-2-6-19-40/h1-36H. The summed E-state index contributed by atoms with van der Waals surface area (Å²) in [7, 11) is 0. The van der Waals surface area contributed by atoms with Gasteiger partial charge in [0.15, 0.2) is 0 Å². The summed E-state index contributed by atoms with van der Waals surface area (Å²) < 4.78 is 8.85. The van der Waals surface area contributed by atoms with Crippen LogP contribution >= 0.6 is 0 Å². The summed E-state index contributed by atoms with van der Waals surface area (Å²) in [6, 6.07) is 78.1. The first-order valence-electron chi connectivity index (χ1n) is 19.4. The van der Waals surface area contributed by atoms with Crippen molar-refractivity contribution in [3.05, 3.63) is 218 Å². The summed E-state index contributed by atoms with van der Waals surface area (Å²) in [6.45, 7) is 0. The fourth-order valence-corrected chi connectivity index (χ4v) is 8.60. The monoisotopic (exact) mass is 728 g/mol. The second-order valence-electron chi connectivity index (χ2n) is 14.5. The number of nitrogens with zero attached hydrogens (tertiary/aromatic N) is 2. The highest BCUT2D eigenvalue weighted by Crippen LogP contribution is 2.43. The summed E-state index contributed by atoms with van der Waals surface area (Å²) >= 11 is 0. The molecular formula is C54H36N2O. The molecule has 0 amide bonds. The zero-order valence-electron chi connectivity index (χ0n) is 31.1. The van der Waals surface area contributed by atoms with E-state index in [-0.39, 0.29) is 0 Å². The van der Waals surface area contributed by atoms with E-state index in [4.69, 9.17) is 4.42 Å². The summed E-state index contributed by atoms with van der Waals surface area (Å²) in [5.41, 5.74) is 15.5. The lowest BCUT2D eigenvalue weighted by Crippen LogP contribution is -2.10. The third kappa shape index (κ3) is 5.60. The molecule has 0 bridgehead atoms. The number of benzene rings is 9. The number of hydrogen-bond donors (Lipinski definition) is 0. The molecule has 0 aliphatic carbocycles. The molecule has 11 rings (SSSR count). The van der Waals surface area contributed by atoms with Crippen LogP contribution in [0.2, 0.25) is 0 Å². The number of para-hydroxylation sites is 4. The largest absolute Gasteiger partial charge is 0.456 e. The average molecular weight is 729 g/mol. The molecule has 0 N–H and O–H groups in total. The molecule has 2 heterocycles. The fourth-order valence-electron chi connectivity index (χ4n) is 8.60. The molecule has 0 aliphatic rings. The van der Waals surface area contributed by atoms with Gasteiger partial charge in [-0.2, -0.15) is 0 Å². The number of fused-ring (bicyclic) bond motifs is 6. The third-order valence-electron chi connectivity index (χ3n) is 11.2. The Balaban J connectivity index is 1.09. The minimum atomic E-state index is 0.861. The van der Waals surface area contributed by atoms with E-state index in [1.54, 1.807) is 0 Å². The van der Waals surface area contributed by atoms with Crippen LogP contribution in [0.1, 0.15) is 0 Å². The molecule has 2 aromatic heterocycles. The van der Waals surface area contributed by atoms with Crippen LogP contribution < -0.4 is 4.90 Å². The van der Waals surface area contributed by atoms with Crippen LogP contribution in [0.3, 0.4) is 0 Å². The minimum absolute atomic E-state index is 0.861.